The normalized spacial score (nSPS) is 0. The molecule has 0 amide bonds. The largest absolute Gasteiger partial charge is 3.00 e. The SMILES string of the molecule is [Ce+3].[Er+3].[O-2].[O-2]. The minimum absolute atomic E-state index is 0. The van der Waals surface area contributed by atoms with Gasteiger partial charge < -0.3 is 11.0 Å². The Morgan fingerprint density at radius 2 is 0.750 bits per heavy atom. The molecule has 0 bridgehead atoms. The van der Waals surface area contributed by atoms with Gasteiger partial charge in [0.25, 0.3) is 0 Å². The molecule has 0 N–H and O–H groups in total. The van der Waals surface area contributed by atoms with Gasteiger partial charge in [0.2, 0.25) is 0 Å². The van der Waals surface area contributed by atoms with Crippen LogP contribution in [0.1, 0.15) is 0 Å². The predicted octanol–water partition coefficient (Wildman–Crippen LogP) is -0.238. The number of hydrogen-bond acceptors (Lipinski definition) is 0. The van der Waals surface area contributed by atoms with Crippen molar-refractivity contribution in [1.82, 2.24) is 0 Å². The second kappa shape index (κ2) is 17.7. The van der Waals surface area contributed by atoms with E-state index in [1.54, 1.807) is 0 Å². The molecule has 0 spiro atoms. The summed E-state index contributed by atoms with van der Waals surface area (Å²) in [6.45, 7) is 0. The molecule has 0 atom stereocenters. The maximum atomic E-state index is 0. The Hall–Kier alpha value is 2.54. The molecule has 0 heterocycles. The van der Waals surface area contributed by atoms with E-state index in [0.29, 0.717) is 0 Å². The van der Waals surface area contributed by atoms with E-state index in [2.05, 4.69) is 0 Å². The molecular formula is CeErO2+2. The van der Waals surface area contributed by atoms with Crippen LogP contribution in [0.5, 0.6) is 0 Å². The zero-order valence-corrected chi connectivity index (χ0v) is 6.60. The van der Waals surface area contributed by atoms with Gasteiger partial charge in [0.15, 0.2) is 0 Å². The molecule has 0 aliphatic heterocycles. The predicted molar refractivity (Wildman–Crippen MR) is 1.37 cm³/mol. The standard InChI is InChI=1S/Ce.Er.2O/q2*+3;2*-2. The van der Waals surface area contributed by atoms with Crippen LogP contribution in [0, 0.1) is 79.1 Å². The van der Waals surface area contributed by atoms with Crippen molar-refractivity contribution in [2.45, 2.75) is 0 Å². The molecule has 0 unspecified atom stereocenters. The van der Waals surface area contributed by atoms with Gasteiger partial charge in [-0.1, -0.05) is 0 Å². The van der Waals surface area contributed by atoms with Crippen LogP contribution in [0.15, 0.2) is 0 Å². The molecule has 4 heteroatoms. The fourth-order valence-electron chi connectivity index (χ4n) is 0. The summed E-state index contributed by atoms with van der Waals surface area (Å²) in [5.74, 6) is 0. The zero-order valence-electron chi connectivity index (χ0n) is 1.61. The first-order valence-corrected chi connectivity index (χ1v) is 0. The van der Waals surface area contributed by atoms with E-state index in [1.165, 1.54) is 0 Å². The second-order valence-corrected chi connectivity index (χ2v) is 0. The fraction of sp³-hybridized carbons (Fsp3) is 0. The van der Waals surface area contributed by atoms with E-state index < -0.39 is 0 Å². The molecule has 2 nitrogen and oxygen atoms in total. The van der Waals surface area contributed by atoms with Gasteiger partial charge in [-0.05, 0) is 0 Å². The Morgan fingerprint density at radius 3 is 0.750 bits per heavy atom. The van der Waals surface area contributed by atoms with Crippen LogP contribution in [0.4, 0.5) is 0 Å². The van der Waals surface area contributed by atoms with E-state index in [0.717, 1.165) is 0 Å². The van der Waals surface area contributed by atoms with Gasteiger partial charge in [-0.3, -0.25) is 0 Å². The van der Waals surface area contributed by atoms with Crippen LogP contribution < -0.4 is 0 Å². The van der Waals surface area contributed by atoms with E-state index in [4.69, 9.17) is 0 Å². The van der Waals surface area contributed by atoms with Gasteiger partial charge in [0, 0.05) is 0 Å². The molecule has 0 rings (SSSR count). The van der Waals surface area contributed by atoms with Gasteiger partial charge in [0.05, 0.1) is 0 Å². The Bertz CT molecular complexity index is 6.00. The second-order valence-electron chi connectivity index (χ2n) is 0. The van der Waals surface area contributed by atoms with Gasteiger partial charge in [0.1, 0.15) is 0 Å². The third kappa shape index (κ3) is 8.82. The van der Waals surface area contributed by atoms with E-state index in [9.17, 15) is 0 Å². The monoisotopic (exact) mass is 338 g/mol. The average molecular weight is 339 g/mol. The topological polar surface area (TPSA) is 57.0 Å². The molecule has 0 aromatic carbocycles. The summed E-state index contributed by atoms with van der Waals surface area (Å²) in [6, 6.07) is 0. The van der Waals surface area contributed by atoms with Gasteiger partial charge >= 0.3 is 79.1 Å². The molecular weight excluding hydrogens is 339 g/mol. The van der Waals surface area contributed by atoms with Crippen molar-refractivity contribution in [3.63, 3.8) is 0 Å². The molecule has 0 aromatic rings. The average Bonchev–Trinajstić information content (AvgIpc) is 0. The Morgan fingerprint density at radius 1 is 0.750 bits per heavy atom. The summed E-state index contributed by atoms with van der Waals surface area (Å²) >= 11 is 0. The first-order valence-electron chi connectivity index (χ1n) is 0. The Labute approximate surface area is 87.9 Å². The summed E-state index contributed by atoms with van der Waals surface area (Å²) in [6.07, 6.45) is 0. The number of rotatable bonds is 0. The summed E-state index contributed by atoms with van der Waals surface area (Å²) in [5, 5.41) is 0. The van der Waals surface area contributed by atoms with Gasteiger partial charge in [-0.2, -0.15) is 0 Å². The first-order chi connectivity index (χ1) is 0. The van der Waals surface area contributed by atoms with Crippen molar-refractivity contribution >= 4 is 0 Å². The molecule has 2 radical (unpaired) electrons. The van der Waals surface area contributed by atoms with Crippen LogP contribution in [0.25, 0.3) is 0 Å². The summed E-state index contributed by atoms with van der Waals surface area (Å²) in [5.41, 5.74) is 0. The van der Waals surface area contributed by atoms with Crippen molar-refractivity contribution in [2.24, 2.45) is 0 Å². The molecule has 26 valence electrons. The van der Waals surface area contributed by atoms with Gasteiger partial charge in [-0.25, -0.2) is 0 Å². The molecule has 0 aromatic heterocycles. The van der Waals surface area contributed by atoms with Crippen LogP contribution >= 0.6 is 0 Å². The molecule has 0 saturated heterocycles. The zero-order chi connectivity index (χ0) is 0. The quantitative estimate of drug-likeness (QED) is 0.585. The number of hydrogen-bond donors (Lipinski definition) is 0. The van der Waals surface area contributed by atoms with E-state index >= 15 is 0 Å². The molecule has 0 aliphatic carbocycles. The van der Waals surface area contributed by atoms with Crippen molar-refractivity contribution < 1.29 is 90.0 Å². The minimum atomic E-state index is 0. The van der Waals surface area contributed by atoms with Crippen LogP contribution in [-0.2, 0) is 11.0 Å². The molecule has 4 heavy (non-hydrogen) atoms. The van der Waals surface area contributed by atoms with Crippen LogP contribution in [0.3, 0.4) is 0 Å². The Balaban J connectivity index is 0. The molecule has 0 fully saturated rings. The first kappa shape index (κ1) is 31.1. The minimum Gasteiger partial charge on any atom is -2.00 e. The van der Waals surface area contributed by atoms with Crippen LogP contribution in [-0.4, -0.2) is 0 Å². The van der Waals surface area contributed by atoms with Crippen molar-refractivity contribution in [1.29, 1.82) is 0 Å². The molecule has 0 aliphatic rings. The van der Waals surface area contributed by atoms with Crippen LogP contribution in [0.2, 0.25) is 0 Å². The van der Waals surface area contributed by atoms with E-state index in [-0.39, 0.29) is 90.0 Å². The summed E-state index contributed by atoms with van der Waals surface area (Å²) in [4.78, 5) is 0. The summed E-state index contributed by atoms with van der Waals surface area (Å²) < 4.78 is 0. The Kier molecular flexibility index (Phi) is 137. The third-order valence-electron chi connectivity index (χ3n) is 0. The van der Waals surface area contributed by atoms with Gasteiger partial charge in [-0.15, -0.1) is 0 Å². The van der Waals surface area contributed by atoms with Crippen molar-refractivity contribution in [3.8, 4) is 0 Å². The maximum Gasteiger partial charge on any atom is 3.00 e. The van der Waals surface area contributed by atoms with Crippen molar-refractivity contribution in [2.75, 3.05) is 0 Å². The van der Waals surface area contributed by atoms with Crippen molar-refractivity contribution in [3.05, 3.63) is 0 Å². The smallest absolute Gasteiger partial charge is 2.00 e. The third-order valence-corrected chi connectivity index (χ3v) is 0. The molecule has 0 saturated carbocycles. The summed E-state index contributed by atoms with van der Waals surface area (Å²) in [7, 11) is 0. The van der Waals surface area contributed by atoms with E-state index in [1.807, 2.05) is 0 Å². The maximum absolute atomic E-state index is 0. The fourth-order valence-corrected chi connectivity index (χ4v) is 0.